The van der Waals surface area contributed by atoms with Crippen LogP contribution >= 0.6 is 0 Å². The van der Waals surface area contributed by atoms with E-state index in [2.05, 4.69) is 20.8 Å². The summed E-state index contributed by atoms with van der Waals surface area (Å²) < 4.78 is 0. The van der Waals surface area contributed by atoms with Crippen LogP contribution in [0.1, 0.15) is 17.3 Å². The van der Waals surface area contributed by atoms with Gasteiger partial charge in [0.25, 0.3) is 0 Å². The highest BCUT2D eigenvalue weighted by Crippen LogP contribution is 2.15. The van der Waals surface area contributed by atoms with E-state index in [-0.39, 0.29) is 11.7 Å². The number of carboxylic acid groups (broad SMARTS) is 1. The summed E-state index contributed by atoms with van der Waals surface area (Å²) >= 11 is 0. The molecule has 0 saturated heterocycles. The molecule has 8 heteroatoms. The molecule has 1 atom stereocenters. The number of nitrogens with two attached hydrogens (primary N) is 1. The molecule has 0 aromatic heterocycles. The maximum Gasteiger partial charge on any atom is 0.335 e. The largest absolute Gasteiger partial charge is 0.478 e. The van der Waals surface area contributed by atoms with E-state index in [4.69, 9.17) is 10.8 Å². The summed E-state index contributed by atoms with van der Waals surface area (Å²) in [5, 5.41) is 16.4. The molecule has 1 aliphatic rings. The van der Waals surface area contributed by atoms with Gasteiger partial charge in [-0.3, -0.25) is 5.43 Å². The van der Waals surface area contributed by atoms with Gasteiger partial charge in [-0.2, -0.15) is 5.10 Å². The van der Waals surface area contributed by atoms with E-state index in [9.17, 15) is 4.79 Å². The molecular formula is C15H20N6O2. The van der Waals surface area contributed by atoms with Crippen LogP contribution in [-0.4, -0.2) is 47.9 Å². The van der Waals surface area contributed by atoms with Crippen LogP contribution in [0.25, 0.3) is 0 Å². The lowest BCUT2D eigenvalue weighted by molar-refractivity contribution is 0.0697. The Kier molecular flexibility index (Phi) is 5.19. The third kappa shape index (κ3) is 3.79. The summed E-state index contributed by atoms with van der Waals surface area (Å²) in [6, 6.07) is 6.64. The standard InChI is InChI=1S/C15H20N6O2/c1-3-12(18-9-16)14-20-19-13(21(14)2)8-17-11-6-4-5-10(7-11)15(22)23/h3-7,9,14,17,20H,8H2,1-2H3,(H2,16,18)(H,22,23)/b12-3-. The molecule has 0 saturated carbocycles. The van der Waals surface area contributed by atoms with Crippen molar-refractivity contribution in [2.75, 3.05) is 18.9 Å². The number of carbonyl (C=O) groups is 1. The molecule has 2 rings (SSSR count). The minimum absolute atomic E-state index is 0.179. The highest BCUT2D eigenvalue weighted by atomic mass is 16.4. The molecular weight excluding hydrogens is 296 g/mol. The molecule has 0 amide bonds. The van der Waals surface area contributed by atoms with Crippen molar-refractivity contribution >= 4 is 23.8 Å². The Hall–Kier alpha value is -3.03. The fraction of sp³-hybridized carbons (Fsp3) is 0.267. The number of nitrogens with one attached hydrogen (secondary N) is 2. The minimum Gasteiger partial charge on any atom is -0.478 e. The Bertz CT molecular complexity index is 668. The van der Waals surface area contributed by atoms with Crippen molar-refractivity contribution in [3.8, 4) is 0 Å². The van der Waals surface area contributed by atoms with E-state index in [0.717, 1.165) is 17.2 Å². The lowest BCUT2D eigenvalue weighted by atomic mass is 10.2. The number of hydrogen-bond acceptors (Lipinski definition) is 6. The summed E-state index contributed by atoms with van der Waals surface area (Å²) in [4.78, 5) is 17.0. The molecule has 1 aromatic rings. The Balaban J connectivity index is 2.00. The lowest BCUT2D eigenvalue weighted by Gasteiger charge is -2.23. The number of aliphatic imine (C=N–C) groups is 1. The number of likely N-dealkylation sites (N-methyl/N-ethyl adjacent to an activating group) is 1. The van der Waals surface area contributed by atoms with Gasteiger partial charge >= 0.3 is 5.97 Å². The van der Waals surface area contributed by atoms with E-state index in [1.54, 1.807) is 18.2 Å². The van der Waals surface area contributed by atoms with E-state index in [1.165, 1.54) is 6.34 Å². The normalized spacial score (nSPS) is 18.0. The van der Waals surface area contributed by atoms with Crippen LogP contribution in [0.5, 0.6) is 0 Å². The van der Waals surface area contributed by atoms with Crippen molar-refractivity contribution in [1.29, 1.82) is 0 Å². The number of allylic oxidation sites excluding steroid dienone is 1. The third-order valence-electron chi connectivity index (χ3n) is 3.47. The van der Waals surface area contributed by atoms with Gasteiger partial charge in [0.15, 0.2) is 6.17 Å². The van der Waals surface area contributed by atoms with Gasteiger partial charge in [-0.05, 0) is 25.1 Å². The zero-order valence-corrected chi connectivity index (χ0v) is 13.0. The van der Waals surface area contributed by atoms with Crippen LogP contribution in [0.15, 0.2) is 46.1 Å². The zero-order valence-electron chi connectivity index (χ0n) is 13.0. The average Bonchev–Trinajstić information content (AvgIpc) is 2.91. The summed E-state index contributed by atoms with van der Waals surface area (Å²) in [6.07, 6.45) is 2.93. The van der Waals surface area contributed by atoms with Crippen molar-refractivity contribution in [1.82, 2.24) is 10.3 Å². The number of hydrazone groups is 1. The van der Waals surface area contributed by atoms with Crippen LogP contribution in [0.3, 0.4) is 0 Å². The Morgan fingerprint density at radius 2 is 2.39 bits per heavy atom. The molecule has 8 nitrogen and oxygen atoms in total. The van der Waals surface area contributed by atoms with Crippen molar-refractivity contribution in [2.45, 2.75) is 13.1 Å². The van der Waals surface area contributed by atoms with Crippen LogP contribution in [0.4, 0.5) is 5.69 Å². The molecule has 1 aromatic carbocycles. The molecule has 0 spiro atoms. The number of rotatable bonds is 6. The molecule has 5 N–H and O–H groups in total. The second kappa shape index (κ2) is 7.30. The number of aromatic carboxylic acids is 1. The first-order valence-corrected chi connectivity index (χ1v) is 7.09. The van der Waals surface area contributed by atoms with Gasteiger partial charge in [-0.1, -0.05) is 12.1 Å². The maximum atomic E-state index is 11.0. The van der Waals surface area contributed by atoms with Gasteiger partial charge in [-0.25, -0.2) is 9.79 Å². The van der Waals surface area contributed by atoms with Crippen LogP contribution < -0.4 is 16.5 Å². The van der Waals surface area contributed by atoms with E-state index in [0.29, 0.717) is 6.54 Å². The Labute approximate surface area is 134 Å². The van der Waals surface area contributed by atoms with Gasteiger partial charge in [0.05, 0.1) is 24.1 Å². The van der Waals surface area contributed by atoms with Gasteiger partial charge in [0.2, 0.25) is 0 Å². The van der Waals surface area contributed by atoms with Gasteiger partial charge < -0.3 is 21.1 Å². The predicted octanol–water partition coefficient (Wildman–Crippen LogP) is 0.862. The smallest absolute Gasteiger partial charge is 0.335 e. The molecule has 1 unspecified atom stereocenters. The first-order chi connectivity index (χ1) is 11.1. The van der Waals surface area contributed by atoms with E-state index < -0.39 is 5.97 Å². The molecule has 1 aliphatic heterocycles. The summed E-state index contributed by atoms with van der Waals surface area (Å²) in [6.45, 7) is 2.33. The molecule has 122 valence electrons. The zero-order chi connectivity index (χ0) is 16.8. The van der Waals surface area contributed by atoms with E-state index >= 15 is 0 Å². The monoisotopic (exact) mass is 316 g/mol. The van der Waals surface area contributed by atoms with Gasteiger partial charge in [-0.15, -0.1) is 0 Å². The second-order valence-corrected chi connectivity index (χ2v) is 4.90. The van der Waals surface area contributed by atoms with Crippen molar-refractivity contribution in [3.63, 3.8) is 0 Å². The van der Waals surface area contributed by atoms with Crippen molar-refractivity contribution in [3.05, 3.63) is 41.6 Å². The number of amidine groups is 1. The Morgan fingerprint density at radius 3 is 3.04 bits per heavy atom. The summed E-state index contributed by atoms with van der Waals surface area (Å²) in [7, 11) is 1.90. The third-order valence-corrected chi connectivity index (χ3v) is 3.47. The fourth-order valence-corrected chi connectivity index (χ4v) is 2.21. The summed E-state index contributed by atoms with van der Waals surface area (Å²) in [5.74, 6) is -0.176. The van der Waals surface area contributed by atoms with Crippen molar-refractivity contribution in [2.24, 2.45) is 15.8 Å². The number of nitrogens with zero attached hydrogens (tertiary/aromatic N) is 3. The van der Waals surface area contributed by atoms with Crippen LogP contribution in [-0.2, 0) is 0 Å². The first-order valence-electron chi connectivity index (χ1n) is 7.09. The molecule has 23 heavy (non-hydrogen) atoms. The fourth-order valence-electron chi connectivity index (χ4n) is 2.21. The number of hydrogen-bond donors (Lipinski definition) is 4. The molecule has 0 aliphatic carbocycles. The average molecular weight is 316 g/mol. The SMILES string of the molecule is C/C=C(\N=CN)C1NN=C(CNc2cccc(C(=O)O)c2)N1C. The second-order valence-electron chi connectivity index (χ2n) is 4.90. The highest BCUT2D eigenvalue weighted by molar-refractivity contribution is 5.90. The van der Waals surface area contributed by atoms with Gasteiger partial charge in [0, 0.05) is 12.7 Å². The minimum atomic E-state index is -0.955. The lowest BCUT2D eigenvalue weighted by Crippen LogP contribution is -2.40. The molecule has 1 heterocycles. The molecule has 0 radical (unpaired) electrons. The summed E-state index contributed by atoms with van der Waals surface area (Å²) in [5.41, 5.74) is 10.1. The molecule has 0 fully saturated rings. The predicted molar refractivity (Wildman–Crippen MR) is 90.4 cm³/mol. The van der Waals surface area contributed by atoms with Crippen LogP contribution in [0.2, 0.25) is 0 Å². The van der Waals surface area contributed by atoms with E-state index in [1.807, 2.05) is 31.0 Å². The number of benzene rings is 1. The number of carboxylic acids is 1. The van der Waals surface area contributed by atoms with Crippen molar-refractivity contribution < 1.29 is 9.90 Å². The highest BCUT2D eigenvalue weighted by Gasteiger charge is 2.26. The van der Waals surface area contributed by atoms with Crippen LogP contribution in [0, 0.1) is 0 Å². The first kappa shape index (κ1) is 16.3. The Morgan fingerprint density at radius 1 is 1.61 bits per heavy atom. The maximum absolute atomic E-state index is 11.0. The molecule has 0 bridgehead atoms. The quantitative estimate of drug-likeness (QED) is 0.457. The topological polar surface area (TPSA) is 115 Å². The number of anilines is 1. The van der Waals surface area contributed by atoms with Gasteiger partial charge in [0.1, 0.15) is 5.84 Å².